The van der Waals surface area contributed by atoms with Crippen LogP contribution in [0.1, 0.15) is 30.9 Å². The maximum Gasteiger partial charge on any atom is 0.308 e. The molecule has 4 heteroatoms. The second kappa shape index (κ2) is 7.07. The first kappa shape index (κ1) is 15.3. The number of hydrogen-bond acceptors (Lipinski definition) is 2. The van der Waals surface area contributed by atoms with Gasteiger partial charge in [0.2, 0.25) is 5.91 Å². The van der Waals surface area contributed by atoms with Crippen LogP contribution >= 0.6 is 0 Å². The van der Waals surface area contributed by atoms with Gasteiger partial charge in [0.05, 0.1) is 5.92 Å². The van der Waals surface area contributed by atoms with Crippen molar-refractivity contribution in [3.05, 3.63) is 41.5 Å². The topological polar surface area (TPSA) is 57.6 Å². The molecule has 0 aromatic heterocycles. The monoisotopic (exact) mass is 287 g/mol. The highest BCUT2D eigenvalue weighted by atomic mass is 16.4. The Hall–Kier alpha value is -2.10. The Balaban J connectivity index is 1.96. The molecule has 0 radical (unpaired) electrons. The maximum atomic E-state index is 12.1. The summed E-state index contributed by atoms with van der Waals surface area (Å²) in [5.74, 6) is -1.35. The van der Waals surface area contributed by atoms with Crippen LogP contribution in [0.3, 0.4) is 0 Å². The van der Waals surface area contributed by atoms with E-state index in [4.69, 9.17) is 5.11 Å². The van der Waals surface area contributed by atoms with Gasteiger partial charge in [0.1, 0.15) is 0 Å². The van der Waals surface area contributed by atoms with Gasteiger partial charge in [0.15, 0.2) is 0 Å². The van der Waals surface area contributed by atoms with Crippen molar-refractivity contribution < 1.29 is 14.7 Å². The molecule has 21 heavy (non-hydrogen) atoms. The average Bonchev–Trinajstić information content (AvgIpc) is 2.53. The number of piperidine rings is 1. The molecule has 4 nitrogen and oxygen atoms in total. The maximum absolute atomic E-state index is 12.1. The Bertz CT molecular complexity index is 533. The fraction of sp³-hybridized carbons (Fsp3) is 0.412. The number of benzene rings is 1. The van der Waals surface area contributed by atoms with E-state index in [1.807, 2.05) is 24.3 Å². The molecule has 1 amide bonds. The number of nitrogens with zero attached hydrogens (tertiary/aromatic N) is 1. The average molecular weight is 287 g/mol. The van der Waals surface area contributed by atoms with Gasteiger partial charge in [0.25, 0.3) is 0 Å². The fourth-order valence-electron chi connectivity index (χ4n) is 2.52. The highest BCUT2D eigenvalue weighted by molar-refractivity contribution is 5.92. The molecule has 1 aliphatic heterocycles. The summed E-state index contributed by atoms with van der Waals surface area (Å²) in [6.45, 7) is 3.05. The van der Waals surface area contributed by atoms with Gasteiger partial charge in [0, 0.05) is 19.2 Å². The van der Waals surface area contributed by atoms with Gasteiger partial charge >= 0.3 is 5.97 Å². The number of carboxylic acid groups (broad SMARTS) is 1. The molecule has 2 rings (SSSR count). The normalized spacial score (nSPS) is 18.9. The second-order valence-corrected chi connectivity index (χ2v) is 5.39. The quantitative estimate of drug-likeness (QED) is 0.866. The van der Waals surface area contributed by atoms with Crippen LogP contribution in [0, 0.1) is 5.92 Å². The van der Waals surface area contributed by atoms with Crippen LogP contribution in [0.5, 0.6) is 0 Å². The van der Waals surface area contributed by atoms with Gasteiger partial charge in [-0.2, -0.15) is 0 Å². The Morgan fingerprint density at radius 2 is 2.05 bits per heavy atom. The molecule has 1 aromatic carbocycles. The summed E-state index contributed by atoms with van der Waals surface area (Å²) in [4.78, 5) is 24.7. The molecule has 1 saturated heterocycles. The highest BCUT2D eigenvalue weighted by Gasteiger charge is 2.26. The minimum absolute atomic E-state index is 0.111. The summed E-state index contributed by atoms with van der Waals surface area (Å²) in [5.41, 5.74) is 2.24. The van der Waals surface area contributed by atoms with E-state index < -0.39 is 11.9 Å². The van der Waals surface area contributed by atoms with Crippen LogP contribution < -0.4 is 0 Å². The lowest BCUT2D eigenvalue weighted by molar-refractivity contribution is -0.144. The van der Waals surface area contributed by atoms with Crippen LogP contribution in [-0.2, 0) is 16.0 Å². The summed E-state index contributed by atoms with van der Waals surface area (Å²) in [7, 11) is 0. The third kappa shape index (κ3) is 4.18. The predicted octanol–water partition coefficient (Wildman–Crippen LogP) is 2.59. The van der Waals surface area contributed by atoms with Gasteiger partial charge in [-0.25, -0.2) is 0 Å². The molecule has 1 fully saturated rings. The van der Waals surface area contributed by atoms with Gasteiger partial charge in [-0.3, -0.25) is 9.59 Å². The van der Waals surface area contributed by atoms with Gasteiger partial charge in [-0.1, -0.05) is 31.2 Å². The van der Waals surface area contributed by atoms with Crippen molar-refractivity contribution in [1.82, 2.24) is 4.90 Å². The second-order valence-electron chi connectivity index (χ2n) is 5.39. The Labute approximate surface area is 125 Å². The van der Waals surface area contributed by atoms with Crippen molar-refractivity contribution in [2.24, 2.45) is 5.92 Å². The zero-order valence-corrected chi connectivity index (χ0v) is 12.3. The minimum atomic E-state index is -0.813. The fourth-order valence-corrected chi connectivity index (χ4v) is 2.52. The molecule has 0 saturated carbocycles. The smallest absolute Gasteiger partial charge is 0.308 e. The van der Waals surface area contributed by atoms with Crippen LogP contribution in [0.25, 0.3) is 6.08 Å². The first-order valence-electron chi connectivity index (χ1n) is 7.39. The number of aryl methyl sites for hydroxylation is 1. The van der Waals surface area contributed by atoms with Crippen molar-refractivity contribution in [1.29, 1.82) is 0 Å². The summed E-state index contributed by atoms with van der Waals surface area (Å²) in [6, 6.07) is 8.06. The molecular formula is C17H21NO3. The van der Waals surface area contributed by atoms with E-state index >= 15 is 0 Å². The lowest BCUT2D eigenvalue weighted by Gasteiger charge is -2.29. The molecule has 1 aliphatic rings. The van der Waals surface area contributed by atoms with Crippen LogP contribution in [0.15, 0.2) is 30.3 Å². The largest absolute Gasteiger partial charge is 0.481 e. The van der Waals surface area contributed by atoms with E-state index in [2.05, 4.69) is 6.92 Å². The summed E-state index contributed by atoms with van der Waals surface area (Å²) in [5, 5.41) is 9.04. The van der Waals surface area contributed by atoms with Crippen LogP contribution in [0.2, 0.25) is 0 Å². The number of likely N-dealkylation sites (tertiary alicyclic amines) is 1. The van der Waals surface area contributed by atoms with E-state index in [0.29, 0.717) is 19.5 Å². The molecule has 0 unspecified atom stereocenters. The summed E-state index contributed by atoms with van der Waals surface area (Å²) < 4.78 is 0. The molecule has 1 N–H and O–H groups in total. The van der Waals surface area contributed by atoms with Crippen molar-refractivity contribution in [2.45, 2.75) is 26.2 Å². The van der Waals surface area contributed by atoms with E-state index in [1.165, 1.54) is 11.6 Å². The first-order chi connectivity index (χ1) is 10.1. The standard InChI is InChI=1S/C17H21NO3/c1-2-13-5-7-14(8-6-13)9-10-16(19)18-11-3-4-15(12-18)17(20)21/h5-10,15H,2-4,11-12H2,1H3,(H,20,21)/b10-9+/t15-/m1/s1. The SMILES string of the molecule is CCc1ccc(/C=C/C(=O)N2CCC[C@@H](C(=O)O)C2)cc1. The Morgan fingerprint density at radius 3 is 2.67 bits per heavy atom. The number of hydrogen-bond donors (Lipinski definition) is 1. The van der Waals surface area contributed by atoms with E-state index in [-0.39, 0.29) is 5.91 Å². The molecule has 0 bridgehead atoms. The van der Waals surface area contributed by atoms with Crippen LogP contribution in [-0.4, -0.2) is 35.0 Å². The van der Waals surface area contributed by atoms with Crippen molar-refractivity contribution in [3.63, 3.8) is 0 Å². The van der Waals surface area contributed by atoms with Gasteiger partial charge < -0.3 is 10.0 Å². The zero-order valence-electron chi connectivity index (χ0n) is 12.3. The predicted molar refractivity (Wildman–Crippen MR) is 81.8 cm³/mol. The van der Waals surface area contributed by atoms with Gasteiger partial charge in [-0.05, 0) is 36.5 Å². The van der Waals surface area contributed by atoms with Crippen molar-refractivity contribution in [3.8, 4) is 0 Å². The van der Waals surface area contributed by atoms with Crippen LogP contribution in [0.4, 0.5) is 0 Å². The Morgan fingerprint density at radius 1 is 1.33 bits per heavy atom. The van der Waals surface area contributed by atoms with Gasteiger partial charge in [-0.15, -0.1) is 0 Å². The minimum Gasteiger partial charge on any atom is -0.481 e. The molecule has 112 valence electrons. The highest BCUT2D eigenvalue weighted by Crippen LogP contribution is 2.17. The molecule has 1 atom stereocenters. The molecule has 0 aliphatic carbocycles. The summed E-state index contributed by atoms with van der Waals surface area (Å²) in [6.07, 6.45) is 5.72. The molecule has 1 aromatic rings. The van der Waals surface area contributed by atoms with Crippen molar-refractivity contribution >= 4 is 18.0 Å². The van der Waals surface area contributed by atoms with E-state index in [9.17, 15) is 9.59 Å². The molecule has 1 heterocycles. The van der Waals surface area contributed by atoms with E-state index in [1.54, 1.807) is 11.0 Å². The molecule has 0 spiro atoms. The third-order valence-corrected chi connectivity index (χ3v) is 3.89. The summed E-state index contributed by atoms with van der Waals surface area (Å²) >= 11 is 0. The lowest BCUT2D eigenvalue weighted by atomic mass is 9.98. The van der Waals surface area contributed by atoms with Crippen molar-refractivity contribution in [2.75, 3.05) is 13.1 Å². The zero-order chi connectivity index (χ0) is 15.2. The number of amides is 1. The third-order valence-electron chi connectivity index (χ3n) is 3.89. The number of carbonyl (C=O) groups is 2. The number of rotatable bonds is 4. The number of carbonyl (C=O) groups excluding carboxylic acids is 1. The number of aliphatic carboxylic acids is 1. The molecular weight excluding hydrogens is 266 g/mol. The van der Waals surface area contributed by atoms with E-state index in [0.717, 1.165) is 18.4 Å². The first-order valence-corrected chi connectivity index (χ1v) is 7.39. The lowest BCUT2D eigenvalue weighted by Crippen LogP contribution is -2.41. The number of carboxylic acids is 1. The Kier molecular flexibility index (Phi) is 5.14.